The van der Waals surface area contributed by atoms with Crippen LogP contribution in [0.3, 0.4) is 0 Å². The smallest absolute Gasteiger partial charge is 0.125 e. The molecule has 3 rings (SSSR count). The highest BCUT2D eigenvalue weighted by molar-refractivity contribution is 5.37. The third-order valence-corrected chi connectivity index (χ3v) is 5.42. The van der Waals surface area contributed by atoms with Crippen LogP contribution < -0.4 is 9.47 Å². The minimum Gasteiger partial charge on any atom is -0.497 e. The molecule has 1 fully saturated rings. The van der Waals surface area contributed by atoms with Crippen molar-refractivity contribution in [2.24, 2.45) is 0 Å². The van der Waals surface area contributed by atoms with Gasteiger partial charge in [0.2, 0.25) is 0 Å². The maximum atomic E-state index is 6.49. The molecule has 1 aliphatic rings. The normalized spacial score (nSPS) is 16.2. The van der Waals surface area contributed by atoms with Gasteiger partial charge in [-0.3, -0.25) is 4.90 Å². The lowest BCUT2D eigenvalue weighted by Crippen LogP contribution is -2.37. The molecule has 0 bridgehead atoms. The first-order chi connectivity index (χ1) is 13.6. The molecule has 28 heavy (non-hydrogen) atoms. The quantitative estimate of drug-likeness (QED) is 0.644. The van der Waals surface area contributed by atoms with Gasteiger partial charge < -0.3 is 14.2 Å². The van der Waals surface area contributed by atoms with Crippen molar-refractivity contribution in [3.05, 3.63) is 59.2 Å². The van der Waals surface area contributed by atoms with E-state index in [-0.39, 0.29) is 6.10 Å². The lowest BCUT2D eigenvalue weighted by atomic mass is 9.98. The number of nitrogens with zero attached hydrogens (tertiary/aromatic N) is 1. The van der Waals surface area contributed by atoms with Crippen molar-refractivity contribution >= 4 is 0 Å². The average Bonchev–Trinajstić information content (AvgIpc) is 2.71. The Hall–Kier alpha value is -2.04. The number of hydrogen-bond donors (Lipinski definition) is 0. The largest absolute Gasteiger partial charge is 0.497 e. The van der Waals surface area contributed by atoms with E-state index in [0.717, 1.165) is 56.3 Å². The van der Waals surface area contributed by atoms with Crippen molar-refractivity contribution in [3.63, 3.8) is 0 Å². The fourth-order valence-corrected chi connectivity index (χ4v) is 3.79. The molecule has 0 aliphatic carbocycles. The monoisotopic (exact) mass is 383 g/mol. The number of morpholine rings is 1. The fourth-order valence-electron chi connectivity index (χ4n) is 3.79. The first kappa shape index (κ1) is 20.7. The fraction of sp³-hybridized carbons (Fsp3) is 0.500. The van der Waals surface area contributed by atoms with Crippen LogP contribution in [0.1, 0.15) is 49.0 Å². The molecule has 2 aromatic rings. The molecule has 1 heterocycles. The molecule has 0 N–H and O–H groups in total. The molecule has 0 amide bonds. The second kappa shape index (κ2) is 9.94. The van der Waals surface area contributed by atoms with Gasteiger partial charge >= 0.3 is 0 Å². The van der Waals surface area contributed by atoms with Gasteiger partial charge in [-0.1, -0.05) is 32.0 Å². The van der Waals surface area contributed by atoms with E-state index in [1.165, 1.54) is 11.1 Å². The Morgan fingerprint density at radius 3 is 2.50 bits per heavy atom. The molecule has 1 aliphatic heterocycles. The molecule has 0 spiro atoms. The average molecular weight is 384 g/mol. The van der Waals surface area contributed by atoms with Crippen LogP contribution in [-0.2, 0) is 4.74 Å². The van der Waals surface area contributed by atoms with Gasteiger partial charge in [-0.2, -0.15) is 0 Å². The molecular weight excluding hydrogens is 350 g/mol. The van der Waals surface area contributed by atoms with Crippen LogP contribution in [0.2, 0.25) is 0 Å². The summed E-state index contributed by atoms with van der Waals surface area (Å²) in [6, 6.07) is 14.7. The Morgan fingerprint density at radius 2 is 1.82 bits per heavy atom. The minimum atomic E-state index is -0.0118. The summed E-state index contributed by atoms with van der Waals surface area (Å²) in [5.74, 6) is 2.31. The Kier molecular flexibility index (Phi) is 7.35. The van der Waals surface area contributed by atoms with Gasteiger partial charge in [0.15, 0.2) is 0 Å². The van der Waals surface area contributed by atoms with Gasteiger partial charge in [-0.25, -0.2) is 0 Å². The number of rotatable bonds is 8. The van der Waals surface area contributed by atoms with E-state index >= 15 is 0 Å². The summed E-state index contributed by atoms with van der Waals surface area (Å²) >= 11 is 0. The number of methoxy groups -OCH3 is 1. The lowest BCUT2D eigenvalue weighted by molar-refractivity contribution is 0.0317. The Bertz CT molecular complexity index is 753. The van der Waals surface area contributed by atoms with Gasteiger partial charge in [0, 0.05) is 26.1 Å². The second-order valence-electron chi connectivity index (χ2n) is 7.80. The van der Waals surface area contributed by atoms with E-state index in [1.807, 2.05) is 12.1 Å². The Morgan fingerprint density at radius 1 is 1.04 bits per heavy atom. The van der Waals surface area contributed by atoms with Crippen LogP contribution in [0.25, 0.3) is 0 Å². The Balaban J connectivity index is 1.77. The van der Waals surface area contributed by atoms with Crippen molar-refractivity contribution in [2.75, 3.05) is 40.0 Å². The molecule has 1 atom stereocenters. The van der Waals surface area contributed by atoms with E-state index in [0.29, 0.717) is 5.92 Å². The van der Waals surface area contributed by atoms with Gasteiger partial charge in [0.05, 0.1) is 20.3 Å². The molecule has 152 valence electrons. The zero-order valence-electron chi connectivity index (χ0n) is 17.6. The number of benzene rings is 2. The predicted octanol–water partition coefficient (Wildman–Crippen LogP) is 4.97. The summed E-state index contributed by atoms with van der Waals surface area (Å²) in [7, 11) is 1.71. The highest BCUT2D eigenvalue weighted by atomic mass is 16.5. The third-order valence-electron chi connectivity index (χ3n) is 5.42. The molecule has 1 unspecified atom stereocenters. The van der Waals surface area contributed by atoms with E-state index in [1.54, 1.807) is 7.11 Å². The van der Waals surface area contributed by atoms with Crippen LogP contribution in [0.5, 0.6) is 11.5 Å². The van der Waals surface area contributed by atoms with Crippen LogP contribution in [0.4, 0.5) is 0 Å². The predicted molar refractivity (Wildman–Crippen MR) is 114 cm³/mol. The maximum Gasteiger partial charge on any atom is 0.125 e. The van der Waals surface area contributed by atoms with Crippen molar-refractivity contribution in [3.8, 4) is 11.5 Å². The van der Waals surface area contributed by atoms with E-state index in [4.69, 9.17) is 14.2 Å². The van der Waals surface area contributed by atoms with Crippen molar-refractivity contribution in [1.82, 2.24) is 4.90 Å². The molecule has 0 saturated carbocycles. The SMILES string of the molecule is COc1cccc(C(CCN2CCOCC2)Oc2ccc(C(C)C)c(C)c2)c1. The first-order valence-corrected chi connectivity index (χ1v) is 10.3. The van der Waals surface area contributed by atoms with E-state index in [9.17, 15) is 0 Å². The number of aryl methyl sites for hydroxylation is 1. The summed E-state index contributed by atoms with van der Waals surface area (Å²) in [4.78, 5) is 2.45. The molecule has 4 nitrogen and oxygen atoms in total. The third kappa shape index (κ3) is 5.49. The molecule has 1 saturated heterocycles. The number of hydrogen-bond acceptors (Lipinski definition) is 4. The zero-order chi connectivity index (χ0) is 19.9. The maximum absolute atomic E-state index is 6.49. The van der Waals surface area contributed by atoms with E-state index < -0.39 is 0 Å². The molecular formula is C24H33NO3. The van der Waals surface area contributed by atoms with Gasteiger partial charge in [0.1, 0.15) is 17.6 Å². The number of ether oxygens (including phenoxy) is 3. The van der Waals surface area contributed by atoms with Crippen molar-refractivity contribution in [1.29, 1.82) is 0 Å². The minimum absolute atomic E-state index is 0.0118. The van der Waals surface area contributed by atoms with Crippen LogP contribution >= 0.6 is 0 Å². The summed E-state index contributed by atoms with van der Waals surface area (Å²) < 4.78 is 17.4. The second-order valence-corrected chi connectivity index (χ2v) is 7.80. The first-order valence-electron chi connectivity index (χ1n) is 10.3. The molecule has 0 aromatic heterocycles. The van der Waals surface area contributed by atoms with Crippen LogP contribution in [0, 0.1) is 6.92 Å². The standard InChI is InChI=1S/C24H33NO3/c1-18(2)23-9-8-22(16-19(23)3)28-24(10-11-25-12-14-27-15-13-25)20-6-5-7-21(17-20)26-4/h5-9,16-18,24H,10-15H2,1-4H3. The zero-order valence-corrected chi connectivity index (χ0v) is 17.6. The van der Waals surface area contributed by atoms with Crippen LogP contribution in [-0.4, -0.2) is 44.9 Å². The van der Waals surface area contributed by atoms with E-state index in [2.05, 4.69) is 56.0 Å². The van der Waals surface area contributed by atoms with Gasteiger partial charge in [0.25, 0.3) is 0 Å². The summed E-state index contributed by atoms with van der Waals surface area (Å²) in [6.45, 7) is 11.2. The highest BCUT2D eigenvalue weighted by Gasteiger charge is 2.18. The summed E-state index contributed by atoms with van der Waals surface area (Å²) in [5, 5.41) is 0. The van der Waals surface area contributed by atoms with Crippen molar-refractivity contribution in [2.45, 2.75) is 39.2 Å². The lowest BCUT2D eigenvalue weighted by Gasteiger charge is -2.29. The van der Waals surface area contributed by atoms with Gasteiger partial charge in [-0.05, 0) is 53.8 Å². The van der Waals surface area contributed by atoms with Gasteiger partial charge in [-0.15, -0.1) is 0 Å². The summed E-state index contributed by atoms with van der Waals surface area (Å²) in [5.41, 5.74) is 3.81. The Labute approximate surface area is 169 Å². The van der Waals surface area contributed by atoms with Crippen molar-refractivity contribution < 1.29 is 14.2 Å². The highest BCUT2D eigenvalue weighted by Crippen LogP contribution is 2.30. The topological polar surface area (TPSA) is 30.9 Å². The molecule has 2 aromatic carbocycles. The van der Waals surface area contributed by atoms with Crippen LogP contribution in [0.15, 0.2) is 42.5 Å². The molecule has 0 radical (unpaired) electrons. The molecule has 4 heteroatoms. The summed E-state index contributed by atoms with van der Waals surface area (Å²) in [6.07, 6.45) is 0.917.